The molecule has 2 fully saturated rings. The van der Waals surface area contributed by atoms with Crippen LogP contribution >= 0.6 is 0 Å². The van der Waals surface area contributed by atoms with E-state index in [1.807, 2.05) is 24.3 Å². The molecule has 2 aromatic rings. The number of ketones is 1. The zero-order chi connectivity index (χ0) is 17.8. The van der Waals surface area contributed by atoms with E-state index < -0.39 is 0 Å². The number of anilines is 2. The number of piperidine rings is 2. The normalized spacial score (nSPS) is 18.0. The Hall–Kier alpha value is -2.29. The van der Waals surface area contributed by atoms with Crippen molar-refractivity contribution < 1.29 is 4.79 Å². The second kappa shape index (κ2) is 7.94. The maximum Gasteiger partial charge on any atom is 0.197 e. The van der Waals surface area contributed by atoms with Gasteiger partial charge in [-0.3, -0.25) is 4.79 Å². The number of para-hydroxylation sites is 2. The standard InChI is InChI=1S/C23H28N2O/c26-23(19-11-3-5-13-21(19)24-15-7-1-8-16-24)20-12-4-6-14-22(20)25-17-9-2-10-18-25/h3-6,11-14H,1-2,7-10,15-18H2. The van der Waals surface area contributed by atoms with Gasteiger partial charge in [0, 0.05) is 48.7 Å². The van der Waals surface area contributed by atoms with Crippen LogP contribution in [0.5, 0.6) is 0 Å². The highest BCUT2D eigenvalue weighted by atomic mass is 16.1. The van der Waals surface area contributed by atoms with Crippen molar-refractivity contribution in [2.75, 3.05) is 36.0 Å². The fraction of sp³-hybridized carbons (Fsp3) is 0.435. The third-order valence-electron chi connectivity index (χ3n) is 5.69. The molecule has 2 saturated heterocycles. The van der Waals surface area contributed by atoms with Crippen molar-refractivity contribution in [3.63, 3.8) is 0 Å². The number of rotatable bonds is 4. The summed E-state index contributed by atoms with van der Waals surface area (Å²) in [6, 6.07) is 16.3. The first-order valence-electron chi connectivity index (χ1n) is 10.1. The summed E-state index contributed by atoms with van der Waals surface area (Å²) in [4.78, 5) is 18.3. The molecule has 0 atom stereocenters. The average molecular weight is 348 g/mol. The quantitative estimate of drug-likeness (QED) is 0.734. The number of nitrogens with zero attached hydrogens (tertiary/aromatic N) is 2. The van der Waals surface area contributed by atoms with Crippen molar-refractivity contribution >= 4 is 17.2 Å². The summed E-state index contributed by atoms with van der Waals surface area (Å²) in [7, 11) is 0. The van der Waals surface area contributed by atoms with Gasteiger partial charge in [-0.15, -0.1) is 0 Å². The molecule has 2 aromatic carbocycles. The van der Waals surface area contributed by atoms with Crippen LogP contribution in [-0.2, 0) is 0 Å². The van der Waals surface area contributed by atoms with Crippen molar-refractivity contribution in [2.45, 2.75) is 38.5 Å². The molecule has 0 N–H and O–H groups in total. The maximum absolute atomic E-state index is 13.5. The van der Waals surface area contributed by atoms with Gasteiger partial charge >= 0.3 is 0 Å². The molecule has 2 heterocycles. The first kappa shape index (κ1) is 17.1. The van der Waals surface area contributed by atoms with E-state index in [9.17, 15) is 4.79 Å². The Labute approximate surface area is 156 Å². The van der Waals surface area contributed by atoms with Crippen LogP contribution in [0.2, 0.25) is 0 Å². The van der Waals surface area contributed by atoms with Crippen molar-refractivity contribution in [3.8, 4) is 0 Å². The highest BCUT2D eigenvalue weighted by Crippen LogP contribution is 2.30. The lowest BCUT2D eigenvalue weighted by Crippen LogP contribution is -2.32. The molecule has 0 aliphatic carbocycles. The van der Waals surface area contributed by atoms with Gasteiger partial charge < -0.3 is 9.80 Å². The van der Waals surface area contributed by atoms with E-state index in [2.05, 4.69) is 34.1 Å². The summed E-state index contributed by atoms with van der Waals surface area (Å²) in [6.07, 6.45) is 7.45. The summed E-state index contributed by atoms with van der Waals surface area (Å²) in [5, 5.41) is 0. The molecule has 3 heteroatoms. The van der Waals surface area contributed by atoms with Crippen molar-refractivity contribution in [2.24, 2.45) is 0 Å². The first-order chi connectivity index (χ1) is 12.8. The monoisotopic (exact) mass is 348 g/mol. The predicted molar refractivity (Wildman–Crippen MR) is 108 cm³/mol. The smallest absolute Gasteiger partial charge is 0.197 e. The average Bonchev–Trinajstić information content (AvgIpc) is 2.74. The van der Waals surface area contributed by atoms with Gasteiger partial charge in [0.2, 0.25) is 0 Å². The molecular formula is C23H28N2O. The molecule has 4 rings (SSSR count). The van der Waals surface area contributed by atoms with Crippen LogP contribution < -0.4 is 9.80 Å². The third-order valence-corrected chi connectivity index (χ3v) is 5.69. The summed E-state index contributed by atoms with van der Waals surface area (Å²) < 4.78 is 0. The topological polar surface area (TPSA) is 23.6 Å². The van der Waals surface area contributed by atoms with E-state index in [1.54, 1.807) is 0 Å². The molecule has 0 saturated carbocycles. The molecule has 26 heavy (non-hydrogen) atoms. The van der Waals surface area contributed by atoms with Gasteiger partial charge in [-0.1, -0.05) is 24.3 Å². The Kier molecular flexibility index (Phi) is 5.24. The lowest BCUT2D eigenvalue weighted by molar-refractivity contribution is 0.103. The maximum atomic E-state index is 13.5. The van der Waals surface area contributed by atoms with Gasteiger partial charge in [0.05, 0.1) is 0 Å². The molecule has 0 spiro atoms. The number of carbonyl (C=O) groups is 1. The molecule has 136 valence electrons. The molecule has 3 nitrogen and oxygen atoms in total. The van der Waals surface area contributed by atoms with Crippen molar-refractivity contribution in [3.05, 3.63) is 59.7 Å². The molecular weight excluding hydrogens is 320 g/mol. The summed E-state index contributed by atoms with van der Waals surface area (Å²) in [6.45, 7) is 4.21. The Bertz CT molecular complexity index is 695. The van der Waals surface area contributed by atoms with Gasteiger partial charge in [0.1, 0.15) is 0 Å². The summed E-state index contributed by atoms with van der Waals surface area (Å²) in [5.74, 6) is 0.160. The highest BCUT2D eigenvalue weighted by molar-refractivity contribution is 6.15. The van der Waals surface area contributed by atoms with Gasteiger partial charge in [-0.25, -0.2) is 0 Å². The minimum absolute atomic E-state index is 0.160. The fourth-order valence-corrected chi connectivity index (χ4v) is 4.30. The Morgan fingerprint density at radius 1 is 0.577 bits per heavy atom. The zero-order valence-corrected chi connectivity index (χ0v) is 15.5. The van der Waals surface area contributed by atoms with Crippen LogP contribution in [0.3, 0.4) is 0 Å². The third kappa shape index (κ3) is 3.48. The van der Waals surface area contributed by atoms with Gasteiger partial charge in [-0.2, -0.15) is 0 Å². The second-order valence-corrected chi connectivity index (χ2v) is 7.46. The molecule has 0 amide bonds. The Balaban J connectivity index is 1.68. The molecule has 2 aliphatic heterocycles. The van der Waals surface area contributed by atoms with Crippen LogP contribution in [0.1, 0.15) is 54.4 Å². The zero-order valence-electron chi connectivity index (χ0n) is 15.5. The molecule has 0 unspecified atom stereocenters. The SMILES string of the molecule is O=C(c1ccccc1N1CCCCC1)c1ccccc1N1CCCCC1. The Morgan fingerprint density at radius 3 is 1.38 bits per heavy atom. The van der Waals surface area contributed by atoms with E-state index >= 15 is 0 Å². The van der Waals surface area contributed by atoms with E-state index in [0.717, 1.165) is 48.7 Å². The molecule has 0 radical (unpaired) electrons. The highest BCUT2D eigenvalue weighted by Gasteiger charge is 2.23. The lowest BCUT2D eigenvalue weighted by atomic mass is 9.97. The van der Waals surface area contributed by atoms with Crippen LogP contribution in [-0.4, -0.2) is 32.0 Å². The lowest BCUT2D eigenvalue weighted by Gasteiger charge is -2.32. The molecule has 0 aromatic heterocycles. The number of carbonyl (C=O) groups excluding carboxylic acids is 1. The van der Waals surface area contributed by atoms with E-state index in [4.69, 9.17) is 0 Å². The second-order valence-electron chi connectivity index (χ2n) is 7.46. The molecule has 0 bridgehead atoms. The number of hydrogen-bond acceptors (Lipinski definition) is 3. The van der Waals surface area contributed by atoms with Crippen LogP contribution in [0.4, 0.5) is 11.4 Å². The fourth-order valence-electron chi connectivity index (χ4n) is 4.30. The number of hydrogen-bond donors (Lipinski definition) is 0. The minimum atomic E-state index is 0.160. The van der Waals surface area contributed by atoms with E-state index in [0.29, 0.717) is 0 Å². The summed E-state index contributed by atoms with van der Waals surface area (Å²) >= 11 is 0. The minimum Gasteiger partial charge on any atom is -0.371 e. The summed E-state index contributed by atoms with van der Waals surface area (Å²) in [5.41, 5.74) is 3.90. The van der Waals surface area contributed by atoms with Crippen molar-refractivity contribution in [1.29, 1.82) is 0 Å². The van der Waals surface area contributed by atoms with Gasteiger partial charge in [-0.05, 0) is 62.8 Å². The van der Waals surface area contributed by atoms with Crippen LogP contribution in [0, 0.1) is 0 Å². The number of benzene rings is 2. The van der Waals surface area contributed by atoms with Gasteiger partial charge in [0.15, 0.2) is 5.78 Å². The Morgan fingerprint density at radius 2 is 0.962 bits per heavy atom. The van der Waals surface area contributed by atoms with Crippen molar-refractivity contribution in [1.82, 2.24) is 0 Å². The van der Waals surface area contributed by atoms with Crippen LogP contribution in [0.15, 0.2) is 48.5 Å². The largest absolute Gasteiger partial charge is 0.371 e. The van der Waals surface area contributed by atoms with Crippen LogP contribution in [0.25, 0.3) is 0 Å². The van der Waals surface area contributed by atoms with Gasteiger partial charge in [0.25, 0.3) is 0 Å². The molecule has 2 aliphatic rings. The predicted octanol–water partition coefficient (Wildman–Crippen LogP) is 4.90. The van der Waals surface area contributed by atoms with E-state index in [1.165, 1.54) is 38.5 Å². The first-order valence-corrected chi connectivity index (χ1v) is 10.1. The van der Waals surface area contributed by atoms with E-state index in [-0.39, 0.29) is 5.78 Å².